The highest BCUT2D eigenvalue weighted by molar-refractivity contribution is 7.89. The van der Waals surface area contributed by atoms with Crippen molar-refractivity contribution in [1.29, 1.82) is 0 Å². The first-order valence-corrected chi connectivity index (χ1v) is 10.5. The number of hydrogen-bond donors (Lipinski definition) is 2. The van der Waals surface area contributed by atoms with Gasteiger partial charge in [0, 0.05) is 30.4 Å². The zero-order chi connectivity index (χ0) is 19.0. The summed E-state index contributed by atoms with van der Waals surface area (Å²) in [5.74, 6) is 0.0903. The van der Waals surface area contributed by atoms with Gasteiger partial charge in [-0.25, -0.2) is 13.1 Å². The summed E-state index contributed by atoms with van der Waals surface area (Å²) in [7, 11) is -3.55. The number of fused-ring (bicyclic) bond motifs is 3. The molecule has 0 bridgehead atoms. The van der Waals surface area contributed by atoms with Crippen molar-refractivity contribution < 1.29 is 23.1 Å². The number of carboxylic acid groups (broad SMARTS) is 1. The molecule has 3 unspecified atom stereocenters. The smallest absolute Gasteiger partial charge is 0.303 e. The molecule has 2 N–H and O–H groups in total. The number of hydrogen-bond acceptors (Lipinski definition) is 4. The van der Waals surface area contributed by atoms with Crippen LogP contribution in [0.4, 0.5) is 0 Å². The van der Waals surface area contributed by atoms with Gasteiger partial charge in [0.05, 0.1) is 4.90 Å². The predicted molar refractivity (Wildman–Crippen MR) is 99.3 cm³/mol. The summed E-state index contributed by atoms with van der Waals surface area (Å²) < 4.78 is 34.0. The van der Waals surface area contributed by atoms with Gasteiger partial charge in [-0.15, -0.1) is 0 Å². The van der Waals surface area contributed by atoms with Crippen molar-refractivity contribution in [2.24, 2.45) is 0 Å². The number of aliphatic carboxylic acids is 1. The third kappa shape index (κ3) is 3.57. The van der Waals surface area contributed by atoms with Crippen LogP contribution in [-0.2, 0) is 21.2 Å². The molecular weight excluding hydrogens is 366 g/mol. The van der Waals surface area contributed by atoms with Crippen LogP contribution in [0, 0.1) is 0 Å². The molecule has 0 amide bonds. The summed E-state index contributed by atoms with van der Waals surface area (Å²) in [6.07, 6.45) is 1.70. The zero-order valence-electron chi connectivity index (χ0n) is 14.7. The fourth-order valence-corrected chi connectivity index (χ4v) is 5.35. The maximum atomic E-state index is 12.5. The van der Waals surface area contributed by atoms with Gasteiger partial charge in [0.2, 0.25) is 10.0 Å². The molecule has 7 heteroatoms. The van der Waals surface area contributed by atoms with E-state index in [9.17, 15) is 13.2 Å². The largest absolute Gasteiger partial charge is 0.489 e. The molecule has 1 saturated carbocycles. The minimum Gasteiger partial charge on any atom is -0.489 e. The van der Waals surface area contributed by atoms with Crippen LogP contribution in [0.3, 0.4) is 0 Å². The molecule has 1 aliphatic carbocycles. The van der Waals surface area contributed by atoms with Crippen LogP contribution in [-0.4, -0.2) is 31.6 Å². The Morgan fingerprint density at radius 1 is 1.11 bits per heavy atom. The lowest BCUT2D eigenvalue weighted by molar-refractivity contribution is -0.136. The number of ether oxygens (including phenoxy) is 1. The van der Waals surface area contributed by atoms with Crippen LogP contribution in [0.5, 0.6) is 5.75 Å². The standard InChI is InChI=1S/C20H21NO5S/c22-19(23)10-9-13-5-4-8-16-17-11-14(12-18(17)26-20(13)16)21-27(24,25)15-6-2-1-3-7-15/h1-8,14,17-18,21H,9-12H2,(H,22,23). The fourth-order valence-electron chi connectivity index (χ4n) is 4.07. The topological polar surface area (TPSA) is 92.7 Å². The van der Waals surface area contributed by atoms with Gasteiger partial charge < -0.3 is 9.84 Å². The lowest BCUT2D eigenvalue weighted by Gasteiger charge is -2.16. The number of aryl methyl sites for hydroxylation is 1. The number of benzene rings is 2. The van der Waals surface area contributed by atoms with Crippen molar-refractivity contribution in [1.82, 2.24) is 4.72 Å². The van der Waals surface area contributed by atoms with Crippen LogP contribution < -0.4 is 9.46 Å². The predicted octanol–water partition coefficient (Wildman–Crippen LogP) is 2.69. The maximum Gasteiger partial charge on any atom is 0.303 e. The molecule has 142 valence electrons. The monoisotopic (exact) mass is 387 g/mol. The molecule has 3 atom stereocenters. The van der Waals surface area contributed by atoms with Gasteiger partial charge in [-0.2, -0.15) is 0 Å². The molecule has 2 aromatic carbocycles. The first-order chi connectivity index (χ1) is 12.9. The summed E-state index contributed by atoms with van der Waals surface area (Å²) >= 11 is 0. The minimum atomic E-state index is -3.55. The molecule has 2 aliphatic rings. The van der Waals surface area contributed by atoms with Gasteiger partial charge >= 0.3 is 5.97 Å². The Kier molecular flexibility index (Phi) is 4.65. The van der Waals surface area contributed by atoms with Crippen molar-refractivity contribution in [3.63, 3.8) is 0 Å². The molecule has 1 fully saturated rings. The van der Waals surface area contributed by atoms with Crippen LogP contribution in [0.1, 0.15) is 36.3 Å². The number of rotatable bonds is 6. The van der Waals surface area contributed by atoms with E-state index in [1.165, 1.54) is 0 Å². The molecule has 0 aromatic heterocycles. The van der Waals surface area contributed by atoms with Crippen molar-refractivity contribution in [3.8, 4) is 5.75 Å². The molecule has 1 aliphatic heterocycles. The summed E-state index contributed by atoms with van der Waals surface area (Å²) in [6, 6.07) is 14.0. The lowest BCUT2D eigenvalue weighted by atomic mass is 9.95. The lowest BCUT2D eigenvalue weighted by Crippen LogP contribution is -2.33. The van der Waals surface area contributed by atoms with E-state index in [1.54, 1.807) is 30.3 Å². The van der Waals surface area contributed by atoms with Gasteiger partial charge in [0.1, 0.15) is 11.9 Å². The van der Waals surface area contributed by atoms with Gasteiger partial charge in [0.15, 0.2) is 0 Å². The Morgan fingerprint density at radius 2 is 1.89 bits per heavy atom. The van der Waals surface area contributed by atoms with E-state index < -0.39 is 16.0 Å². The highest BCUT2D eigenvalue weighted by Gasteiger charge is 2.44. The third-order valence-corrected chi connectivity index (χ3v) is 6.82. The Bertz CT molecular complexity index is 958. The molecule has 4 rings (SSSR count). The van der Waals surface area contributed by atoms with Crippen LogP contribution in [0.15, 0.2) is 53.4 Å². The number of para-hydroxylation sites is 1. The van der Waals surface area contributed by atoms with Crippen LogP contribution in [0.25, 0.3) is 0 Å². The second kappa shape index (κ2) is 6.98. The second-order valence-corrected chi connectivity index (χ2v) is 8.81. The van der Waals surface area contributed by atoms with Gasteiger partial charge in [0.25, 0.3) is 0 Å². The fraction of sp³-hybridized carbons (Fsp3) is 0.350. The van der Waals surface area contributed by atoms with E-state index >= 15 is 0 Å². The van der Waals surface area contributed by atoms with E-state index in [0.29, 0.717) is 19.3 Å². The highest BCUT2D eigenvalue weighted by atomic mass is 32.2. The van der Waals surface area contributed by atoms with Crippen molar-refractivity contribution in [3.05, 3.63) is 59.7 Å². The van der Waals surface area contributed by atoms with Crippen molar-refractivity contribution in [2.75, 3.05) is 0 Å². The molecule has 2 aromatic rings. The van der Waals surface area contributed by atoms with E-state index in [1.807, 2.05) is 18.2 Å². The molecular formula is C20H21NO5S. The van der Waals surface area contributed by atoms with Crippen molar-refractivity contribution in [2.45, 2.75) is 48.6 Å². The molecule has 0 saturated heterocycles. The summed E-state index contributed by atoms with van der Waals surface area (Å²) in [5, 5.41) is 8.92. The Labute approximate surface area is 158 Å². The Hall–Kier alpha value is -2.38. The van der Waals surface area contributed by atoms with E-state index in [0.717, 1.165) is 16.9 Å². The summed E-state index contributed by atoms with van der Waals surface area (Å²) in [6.45, 7) is 0. The highest BCUT2D eigenvalue weighted by Crippen LogP contribution is 2.48. The number of carbonyl (C=O) groups is 1. The van der Waals surface area contributed by atoms with Crippen LogP contribution in [0.2, 0.25) is 0 Å². The Balaban J connectivity index is 1.49. The van der Waals surface area contributed by atoms with E-state index in [-0.39, 0.29) is 29.4 Å². The number of carboxylic acids is 1. The molecule has 27 heavy (non-hydrogen) atoms. The SMILES string of the molecule is O=C(O)CCc1cccc2c1OC1CC(NS(=O)(=O)c3ccccc3)CC21. The Morgan fingerprint density at radius 3 is 2.63 bits per heavy atom. The van der Waals surface area contributed by atoms with Crippen LogP contribution >= 0.6 is 0 Å². The van der Waals surface area contributed by atoms with Gasteiger partial charge in [-0.1, -0.05) is 36.4 Å². The summed E-state index contributed by atoms with van der Waals surface area (Å²) in [4.78, 5) is 11.1. The third-order valence-electron chi connectivity index (χ3n) is 5.28. The normalized spacial score (nSPS) is 23.5. The molecule has 6 nitrogen and oxygen atoms in total. The average Bonchev–Trinajstić information content (AvgIpc) is 3.17. The first kappa shape index (κ1) is 18.0. The number of sulfonamides is 1. The zero-order valence-corrected chi connectivity index (χ0v) is 15.5. The molecule has 1 heterocycles. The van der Waals surface area contributed by atoms with E-state index in [4.69, 9.17) is 9.84 Å². The average molecular weight is 387 g/mol. The maximum absolute atomic E-state index is 12.5. The van der Waals surface area contributed by atoms with Gasteiger partial charge in [-0.05, 0) is 30.5 Å². The number of nitrogens with one attached hydrogen (secondary N) is 1. The minimum absolute atomic E-state index is 0.0641. The van der Waals surface area contributed by atoms with Gasteiger partial charge in [-0.3, -0.25) is 4.79 Å². The summed E-state index contributed by atoms with van der Waals surface area (Å²) in [5.41, 5.74) is 1.97. The van der Waals surface area contributed by atoms with E-state index in [2.05, 4.69) is 4.72 Å². The first-order valence-electron chi connectivity index (χ1n) is 9.01. The quantitative estimate of drug-likeness (QED) is 0.795. The second-order valence-electron chi connectivity index (χ2n) is 7.09. The van der Waals surface area contributed by atoms with Crippen molar-refractivity contribution >= 4 is 16.0 Å². The molecule has 0 radical (unpaired) electrons. The molecule has 0 spiro atoms.